The SMILES string of the molecule is CC1CN(C(=O)C(N)=O)CCN1C(=O)C(C)(C)CN(C)C. The van der Waals surface area contributed by atoms with Crippen molar-refractivity contribution in [2.75, 3.05) is 40.3 Å². The highest BCUT2D eigenvalue weighted by molar-refractivity contribution is 6.34. The lowest BCUT2D eigenvalue weighted by Gasteiger charge is -2.43. The van der Waals surface area contributed by atoms with Gasteiger partial charge in [0.05, 0.1) is 5.41 Å². The van der Waals surface area contributed by atoms with Crippen LogP contribution in [0.2, 0.25) is 0 Å². The highest BCUT2D eigenvalue weighted by atomic mass is 16.2. The van der Waals surface area contributed by atoms with Gasteiger partial charge < -0.3 is 20.4 Å². The first-order valence-electron chi connectivity index (χ1n) is 7.10. The minimum absolute atomic E-state index is 0.0647. The molecule has 120 valence electrons. The predicted octanol–water partition coefficient (Wildman–Crippen LogP) is -0.881. The molecule has 0 saturated carbocycles. The van der Waals surface area contributed by atoms with Crippen LogP contribution in [0, 0.1) is 5.41 Å². The van der Waals surface area contributed by atoms with Gasteiger partial charge in [-0.25, -0.2) is 0 Å². The zero-order valence-corrected chi connectivity index (χ0v) is 13.5. The van der Waals surface area contributed by atoms with E-state index >= 15 is 0 Å². The van der Waals surface area contributed by atoms with Crippen molar-refractivity contribution >= 4 is 17.7 Å². The van der Waals surface area contributed by atoms with Crippen LogP contribution in [0.4, 0.5) is 0 Å². The molecule has 1 aliphatic rings. The molecule has 1 unspecified atom stereocenters. The van der Waals surface area contributed by atoms with E-state index in [1.165, 1.54) is 4.90 Å². The summed E-state index contributed by atoms with van der Waals surface area (Å²) in [6.45, 7) is 7.48. The molecular formula is C14H26N4O3. The average Bonchev–Trinajstić information content (AvgIpc) is 2.35. The standard InChI is InChI=1S/C14H26N4O3/c1-10-8-17(12(20)11(15)19)6-7-18(10)13(21)14(2,3)9-16(4)5/h10H,6-9H2,1-5H3,(H2,15,19). The minimum atomic E-state index is -0.949. The molecule has 7 nitrogen and oxygen atoms in total. The van der Waals surface area contributed by atoms with Crippen LogP contribution in [-0.4, -0.2) is 78.7 Å². The number of primary amides is 1. The smallest absolute Gasteiger partial charge is 0.311 e. The molecule has 3 amide bonds. The van der Waals surface area contributed by atoms with Gasteiger partial charge in [0.25, 0.3) is 0 Å². The Bertz CT molecular complexity index is 434. The molecule has 1 atom stereocenters. The van der Waals surface area contributed by atoms with Gasteiger partial charge in [0.15, 0.2) is 0 Å². The van der Waals surface area contributed by atoms with E-state index < -0.39 is 17.2 Å². The molecule has 0 aliphatic carbocycles. The Labute approximate surface area is 126 Å². The van der Waals surface area contributed by atoms with E-state index in [4.69, 9.17) is 5.73 Å². The van der Waals surface area contributed by atoms with E-state index in [2.05, 4.69) is 0 Å². The number of nitrogens with zero attached hydrogens (tertiary/aromatic N) is 3. The van der Waals surface area contributed by atoms with Crippen molar-refractivity contribution in [3.8, 4) is 0 Å². The molecule has 0 spiro atoms. The van der Waals surface area contributed by atoms with Crippen LogP contribution in [-0.2, 0) is 14.4 Å². The Kier molecular flexibility index (Phi) is 5.33. The Morgan fingerprint density at radius 1 is 1.24 bits per heavy atom. The molecule has 2 N–H and O–H groups in total. The summed E-state index contributed by atoms with van der Waals surface area (Å²) >= 11 is 0. The molecule has 1 rings (SSSR count). The first kappa shape index (κ1) is 17.4. The summed E-state index contributed by atoms with van der Waals surface area (Å²) < 4.78 is 0. The summed E-state index contributed by atoms with van der Waals surface area (Å²) in [4.78, 5) is 40.4. The van der Waals surface area contributed by atoms with Gasteiger partial charge in [-0.3, -0.25) is 14.4 Å². The van der Waals surface area contributed by atoms with Gasteiger partial charge in [0, 0.05) is 32.2 Å². The van der Waals surface area contributed by atoms with Crippen LogP contribution in [0.3, 0.4) is 0 Å². The molecule has 0 aromatic heterocycles. The summed E-state index contributed by atoms with van der Waals surface area (Å²) in [5, 5.41) is 0. The summed E-state index contributed by atoms with van der Waals surface area (Å²) in [6, 6.07) is -0.129. The molecule has 0 aromatic rings. The Morgan fingerprint density at radius 2 is 1.81 bits per heavy atom. The van der Waals surface area contributed by atoms with E-state index in [0.29, 0.717) is 26.2 Å². The van der Waals surface area contributed by atoms with Gasteiger partial charge >= 0.3 is 11.8 Å². The maximum Gasteiger partial charge on any atom is 0.311 e. The molecule has 0 radical (unpaired) electrons. The highest BCUT2D eigenvalue weighted by Crippen LogP contribution is 2.23. The van der Waals surface area contributed by atoms with Crippen LogP contribution < -0.4 is 5.73 Å². The lowest BCUT2D eigenvalue weighted by atomic mass is 9.90. The fourth-order valence-electron chi connectivity index (χ4n) is 2.85. The molecular weight excluding hydrogens is 272 g/mol. The Morgan fingerprint density at radius 3 is 2.24 bits per heavy atom. The monoisotopic (exact) mass is 298 g/mol. The number of nitrogens with two attached hydrogens (primary N) is 1. The number of rotatable bonds is 3. The van der Waals surface area contributed by atoms with Crippen molar-refractivity contribution in [3.05, 3.63) is 0 Å². The molecule has 1 heterocycles. The van der Waals surface area contributed by atoms with Crippen LogP contribution >= 0.6 is 0 Å². The normalized spacial score (nSPS) is 19.8. The second-order valence-corrected chi connectivity index (χ2v) is 6.58. The van der Waals surface area contributed by atoms with Gasteiger partial charge in [-0.1, -0.05) is 0 Å². The minimum Gasteiger partial charge on any atom is -0.361 e. The lowest BCUT2D eigenvalue weighted by molar-refractivity contribution is -0.152. The summed E-state index contributed by atoms with van der Waals surface area (Å²) in [5.41, 5.74) is 4.52. The third kappa shape index (κ3) is 4.17. The summed E-state index contributed by atoms with van der Waals surface area (Å²) in [6.07, 6.45) is 0. The van der Waals surface area contributed by atoms with Crippen molar-refractivity contribution in [1.82, 2.24) is 14.7 Å². The van der Waals surface area contributed by atoms with Crippen molar-refractivity contribution in [1.29, 1.82) is 0 Å². The van der Waals surface area contributed by atoms with E-state index in [9.17, 15) is 14.4 Å². The fourth-order valence-corrected chi connectivity index (χ4v) is 2.85. The lowest BCUT2D eigenvalue weighted by Crippen LogP contribution is -2.60. The third-order valence-corrected chi connectivity index (χ3v) is 3.68. The quantitative estimate of drug-likeness (QED) is 0.685. The number of hydrogen-bond donors (Lipinski definition) is 1. The molecule has 1 fully saturated rings. The first-order valence-corrected chi connectivity index (χ1v) is 7.10. The zero-order chi connectivity index (χ0) is 16.4. The van der Waals surface area contributed by atoms with Gasteiger partial charge in [-0.2, -0.15) is 0 Å². The van der Waals surface area contributed by atoms with Gasteiger partial charge in [0.2, 0.25) is 5.91 Å². The van der Waals surface area contributed by atoms with Crippen LogP contribution in [0.5, 0.6) is 0 Å². The Balaban J connectivity index is 2.74. The topological polar surface area (TPSA) is 87.0 Å². The molecule has 0 bridgehead atoms. The maximum absolute atomic E-state index is 12.7. The first-order chi connectivity index (χ1) is 9.56. The molecule has 0 aromatic carbocycles. The van der Waals surface area contributed by atoms with Gasteiger partial charge in [0.1, 0.15) is 0 Å². The van der Waals surface area contributed by atoms with E-state index in [-0.39, 0.29) is 11.9 Å². The second kappa shape index (κ2) is 6.43. The number of carbonyl (C=O) groups is 3. The van der Waals surface area contributed by atoms with Crippen LogP contribution in [0.15, 0.2) is 0 Å². The molecule has 21 heavy (non-hydrogen) atoms. The van der Waals surface area contributed by atoms with Crippen molar-refractivity contribution < 1.29 is 14.4 Å². The van der Waals surface area contributed by atoms with E-state index in [1.54, 1.807) is 4.90 Å². The van der Waals surface area contributed by atoms with Crippen molar-refractivity contribution in [3.63, 3.8) is 0 Å². The summed E-state index contributed by atoms with van der Waals surface area (Å²) in [7, 11) is 3.86. The van der Waals surface area contributed by atoms with Crippen molar-refractivity contribution in [2.45, 2.75) is 26.8 Å². The average molecular weight is 298 g/mol. The fraction of sp³-hybridized carbons (Fsp3) is 0.786. The largest absolute Gasteiger partial charge is 0.361 e. The molecule has 1 aliphatic heterocycles. The predicted molar refractivity (Wildman–Crippen MR) is 79.3 cm³/mol. The van der Waals surface area contributed by atoms with Crippen LogP contribution in [0.1, 0.15) is 20.8 Å². The number of piperazine rings is 1. The van der Waals surface area contributed by atoms with Crippen LogP contribution in [0.25, 0.3) is 0 Å². The molecule has 7 heteroatoms. The van der Waals surface area contributed by atoms with Gasteiger partial charge in [-0.05, 0) is 34.9 Å². The zero-order valence-electron chi connectivity index (χ0n) is 13.5. The maximum atomic E-state index is 12.7. The molecule has 1 saturated heterocycles. The number of carbonyl (C=O) groups excluding carboxylic acids is 3. The van der Waals surface area contributed by atoms with Gasteiger partial charge in [-0.15, -0.1) is 0 Å². The number of amides is 3. The Hall–Kier alpha value is -1.63. The van der Waals surface area contributed by atoms with Crippen molar-refractivity contribution in [2.24, 2.45) is 11.1 Å². The van der Waals surface area contributed by atoms with E-state index in [0.717, 1.165) is 0 Å². The van der Waals surface area contributed by atoms with E-state index in [1.807, 2.05) is 39.8 Å². The highest BCUT2D eigenvalue weighted by Gasteiger charge is 2.38. The number of hydrogen-bond acceptors (Lipinski definition) is 4. The second-order valence-electron chi connectivity index (χ2n) is 6.58. The third-order valence-electron chi connectivity index (χ3n) is 3.68. The summed E-state index contributed by atoms with van der Waals surface area (Å²) in [5.74, 6) is -1.56.